The molecule has 7 nitrogen and oxygen atoms in total. The fraction of sp³-hybridized carbons (Fsp3) is 0.750. The summed E-state index contributed by atoms with van der Waals surface area (Å²) in [5, 5.41) is 21.2. The Balaban J connectivity index is 1.88. The molecule has 0 aromatic carbocycles. The molecule has 0 spiro atoms. The molecule has 150 valence electrons. The van der Waals surface area contributed by atoms with Gasteiger partial charge in [-0.05, 0) is 33.6 Å². The molecular formula is C20H32N4O3. The van der Waals surface area contributed by atoms with Crippen LogP contribution in [0.25, 0.3) is 0 Å². The number of aryl methyl sites for hydroxylation is 1. The molecule has 1 N–H and O–H groups in total. The normalized spacial score (nSPS) is 26.0. The van der Waals surface area contributed by atoms with Crippen LogP contribution in [0.5, 0.6) is 0 Å². The highest BCUT2D eigenvalue weighted by molar-refractivity contribution is 5.96. The van der Waals surface area contributed by atoms with Crippen molar-refractivity contribution in [3.8, 4) is 0 Å². The van der Waals surface area contributed by atoms with Crippen LogP contribution in [0.2, 0.25) is 0 Å². The number of β-amino-alcohol motifs (C(OH)–C–C–N with tert-alkyl or cyclic N) is 1. The minimum atomic E-state index is -0.523. The highest BCUT2D eigenvalue weighted by Crippen LogP contribution is 2.35. The molecule has 1 aromatic heterocycles. The molecule has 27 heavy (non-hydrogen) atoms. The monoisotopic (exact) mass is 376 g/mol. The smallest absolute Gasteiger partial charge is 0.234 e. The second-order valence-corrected chi connectivity index (χ2v) is 8.78. The third-order valence-corrected chi connectivity index (χ3v) is 5.69. The number of carbonyl (C=O) groups is 1. The first-order valence-electron chi connectivity index (χ1n) is 9.90. The molecule has 0 aliphatic carbocycles. The summed E-state index contributed by atoms with van der Waals surface area (Å²) in [5.74, 6) is 0.239. The number of likely N-dealkylation sites (tertiary alicyclic amines) is 1. The molecule has 0 saturated carbocycles. The topological polar surface area (TPSA) is 82.2 Å². The van der Waals surface area contributed by atoms with Gasteiger partial charge in [-0.3, -0.25) is 9.80 Å². The van der Waals surface area contributed by atoms with Gasteiger partial charge in [-0.1, -0.05) is 19.0 Å². The Bertz CT molecular complexity index is 725. The van der Waals surface area contributed by atoms with Crippen molar-refractivity contribution in [2.75, 3.05) is 13.1 Å². The maximum atomic E-state index is 13.5. The van der Waals surface area contributed by atoms with Crippen molar-refractivity contribution >= 4 is 11.6 Å². The quantitative estimate of drug-likeness (QED) is 0.854. The van der Waals surface area contributed by atoms with Gasteiger partial charge in [-0.15, -0.1) is 0 Å². The summed E-state index contributed by atoms with van der Waals surface area (Å²) in [5.41, 5.74) is 1.69. The molecule has 3 unspecified atom stereocenters. The van der Waals surface area contributed by atoms with E-state index in [1.807, 2.05) is 26.8 Å². The van der Waals surface area contributed by atoms with E-state index in [2.05, 4.69) is 30.9 Å². The van der Waals surface area contributed by atoms with Gasteiger partial charge >= 0.3 is 0 Å². The summed E-state index contributed by atoms with van der Waals surface area (Å²) in [7, 11) is 0. The molecule has 2 aliphatic heterocycles. The second kappa shape index (κ2) is 7.26. The van der Waals surface area contributed by atoms with Gasteiger partial charge in [0.15, 0.2) is 0 Å². The van der Waals surface area contributed by atoms with Gasteiger partial charge in [0.1, 0.15) is 11.7 Å². The molecule has 3 heterocycles. The molecule has 1 saturated heterocycles. The van der Waals surface area contributed by atoms with Gasteiger partial charge < -0.3 is 14.5 Å². The van der Waals surface area contributed by atoms with Crippen LogP contribution in [0.1, 0.15) is 64.8 Å². The number of rotatable bonds is 5. The van der Waals surface area contributed by atoms with Gasteiger partial charge in [-0.25, -0.2) is 0 Å². The number of aromatic nitrogens is 1. The highest BCUT2D eigenvalue weighted by atomic mass is 16.5. The van der Waals surface area contributed by atoms with Crippen molar-refractivity contribution in [2.45, 2.75) is 78.0 Å². The Hall–Kier alpha value is -1.89. The lowest BCUT2D eigenvalue weighted by molar-refractivity contribution is -0.134. The minimum absolute atomic E-state index is 0.0156. The van der Waals surface area contributed by atoms with Gasteiger partial charge in [0.2, 0.25) is 5.91 Å². The van der Waals surface area contributed by atoms with Crippen LogP contribution >= 0.6 is 0 Å². The summed E-state index contributed by atoms with van der Waals surface area (Å²) in [4.78, 5) is 15.3. The van der Waals surface area contributed by atoms with Gasteiger partial charge in [-0.2, -0.15) is 5.10 Å². The van der Waals surface area contributed by atoms with Crippen LogP contribution in [0, 0.1) is 12.8 Å². The van der Waals surface area contributed by atoms with Crippen molar-refractivity contribution in [2.24, 2.45) is 11.0 Å². The van der Waals surface area contributed by atoms with E-state index in [1.165, 1.54) is 0 Å². The zero-order valence-corrected chi connectivity index (χ0v) is 17.3. The van der Waals surface area contributed by atoms with E-state index in [4.69, 9.17) is 9.62 Å². The summed E-state index contributed by atoms with van der Waals surface area (Å²) in [6.45, 7) is 13.5. The van der Waals surface area contributed by atoms with Crippen LogP contribution in [-0.2, 0) is 4.79 Å². The predicted molar refractivity (Wildman–Crippen MR) is 103 cm³/mol. The number of nitrogens with zero attached hydrogens (tertiary/aromatic N) is 4. The van der Waals surface area contributed by atoms with E-state index in [1.54, 1.807) is 4.90 Å². The van der Waals surface area contributed by atoms with Crippen molar-refractivity contribution in [3.63, 3.8) is 0 Å². The molecule has 0 radical (unpaired) electrons. The zero-order chi connectivity index (χ0) is 19.9. The van der Waals surface area contributed by atoms with Crippen LogP contribution < -0.4 is 0 Å². The van der Waals surface area contributed by atoms with Gasteiger partial charge in [0, 0.05) is 32.0 Å². The molecule has 1 amide bonds. The van der Waals surface area contributed by atoms with Crippen molar-refractivity contribution in [1.82, 2.24) is 15.1 Å². The maximum absolute atomic E-state index is 13.5. The second-order valence-electron chi connectivity index (χ2n) is 8.78. The molecule has 1 fully saturated rings. The van der Waals surface area contributed by atoms with E-state index in [-0.39, 0.29) is 23.4 Å². The van der Waals surface area contributed by atoms with Gasteiger partial charge in [0.25, 0.3) is 0 Å². The first-order valence-corrected chi connectivity index (χ1v) is 9.90. The summed E-state index contributed by atoms with van der Waals surface area (Å²) >= 11 is 0. The van der Waals surface area contributed by atoms with E-state index in [0.29, 0.717) is 18.7 Å². The summed E-state index contributed by atoms with van der Waals surface area (Å²) in [6, 6.07) is 1.67. The van der Waals surface area contributed by atoms with Crippen molar-refractivity contribution < 1.29 is 14.4 Å². The fourth-order valence-electron chi connectivity index (χ4n) is 4.36. The Kier molecular flexibility index (Phi) is 5.34. The molecule has 3 rings (SSSR count). The van der Waals surface area contributed by atoms with Crippen LogP contribution in [0.4, 0.5) is 0 Å². The molecule has 0 bridgehead atoms. The van der Waals surface area contributed by atoms with Crippen LogP contribution in [0.3, 0.4) is 0 Å². The molecule has 3 atom stereocenters. The van der Waals surface area contributed by atoms with Crippen molar-refractivity contribution in [1.29, 1.82) is 0 Å². The van der Waals surface area contributed by atoms with E-state index >= 15 is 0 Å². The number of hydrogen-bond acceptors (Lipinski definition) is 6. The summed E-state index contributed by atoms with van der Waals surface area (Å²) < 4.78 is 5.43. The SMILES string of the molecule is CCN1N=C(C2CC(O)CN2C(=O)C(c2cc(C)no2)C(C)C)CC1(C)C. The molecule has 1 aromatic rings. The van der Waals surface area contributed by atoms with E-state index < -0.39 is 12.0 Å². The lowest BCUT2D eigenvalue weighted by Crippen LogP contribution is -2.44. The Labute approximate surface area is 161 Å². The van der Waals surface area contributed by atoms with Crippen LogP contribution in [0.15, 0.2) is 15.7 Å². The third-order valence-electron chi connectivity index (χ3n) is 5.69. The number of aliphatic hydroxyl groups is 1. The third kappa shape index (κ3) is 3.74. The average Bonchev–Trinajstić information content (AvgIpc) is 3.24. The largest absolute Gasteiger partial charge is 0.391 e. The van der Waals surface area contributed by atoms with E-state index in [9.17, 15) is 9.90 Å². The Morgan fingerprint density at radius 2 is 2.15 bits per heavy atom. The van der Waals surface area contributed by atoms with Gasteiger partial charge in [0.05, 0.1) is 29.1 Å². The first kappa shape index (κ1) is 19.9. The number of hydrogen-bond donors (Lipinski definition) is 1. The van der Waals surface area contributed by atoms with Crippen molar-refractivity contribution in [3.05, 3.63) is 17.5 Å². The lowest BCUT2D eigenvalue weighted by atomic mass is 9.90. The first-order chi connectivity index (χ1) is 12.6. The lowest BCUT2D eigenvalue weighted by Gasteiger charge is -2.30. The molecule has 2 aliphatic rings. The van der Waals surface area contributed by atoms with Crippen LogP contribution in [-0.4, -0.2) is 62.6 Å². The number of carbonyl (C=O) groups excluding carboxylic acids is 1. The minimum Gasteiger partial charge on any atom is -0.391 e. The Morgan fingerprint density at radius 3 is 2.67 bits per heavy atom. The molecule has 7 heteroatoms. The predicted octanol–water partition coefficient (Wildman–Crippen LogP) is 2.54. The fourth-order valence-corrected chi connectivity index (χ4v) is 4.36. The zero-order valence-electron chi connectivity index (χ0n) is 17.3. The number of hydrazone groups is 1. The van der Waals surface area contributed by atoms with E-state index in [0.717, 1.165) is 24.4 Å². The Morgan fingerprint density at radius 1 is 1.44 bits per heavy atom. The number of aliphatic hydroxyl groups excluding tert-OH is 1. The standard InChI is InChI=1S/C20H32N4O3/c1-7-24-20(5,6)10-15(21-24)16-9-14(25)11-23(16)19(26)18(12(2)3)17-8-13(4)22-27-17/h8,12,14,16,18,25H,7,9-11H2,1-6H3. The highest BCUT2D eigenvalue weighted by Gasteiger charge is 2.45. The molecular weight excluding hydrogens is 344 g/mol. The summed E-state index contributed by atoms with van der Waals surface area (Å²) in [6.07, 6.45) is 0.818. The average molecular weight is 377 g/mol. The number of amides is 1. The maximum Gasteiger partial charge on any atom is 0.234 e.